The van der Waals surface area contributed by atoms with E-state index < -0.39 is 22.5 Å². The summed E-state index contributed by atoms with van der Waals surface area (Å²) in [6.07, 6.45) is 1.33. The van der Waals surface area contributed by atoms with E-state index in [2.05, 4.69) is 4.99 Å². The number of carbonyl (C=O) groups is 1. The monoisotopic (exact) mass is 405 g/mol. The highest BCUT2D eigenvalue weighted by Crippen LogP contribution is 2.29. The molecule has 0 atom stereocenters. The molecule has 1 aliphatic heterocycles. The maximum absolute atomic E-state index is 13.4. The first-order valence-electron chi connectivity index (χ1n) is 8.84. The number of amidine groups is 1. The highest BCUT2D eigenvalue weighted by molar-refractivity contribution is 6.33. The summed E-state index contributed by atoms with van der Waals surface area (Å²) < 4.78 is 26.7. The van der Waals surface area contributed by atoms with Crippen LogP contribution in [-0.4, -0.2) is 16.7 Å². The molecule has 6 nitrogen and oxygen atoms in total. The third-order valence-corrected chi connectivity index (χ3v) is 4.47. The SMILES string of the molecule is O=C1/C(=C\c2ccccc2[N+](=O)[O-])N=C(c2ccc(F)cc2)N1c1ccc(F)cc1. The van der Waals surface area contributed by atoms with Gasteiger partial charge in [0, 0.05) is 11.6 Å². The fourth-order valence-electron chi connectivity index (χ4n) is 3.06. The summed E-state index contributed by atoms with van der Waals surface area (Å²) in [6.45, 7) is 0. The van der Waals surface area contributed by atoms with Crippen LogP contribution in [0.25, 0.3) is 6.08 Å². The van der Waals surface area contributed by atoms with Crippen LogP contribution in [0.3, 0.4) is 0 Å². The lowest BCUT2D eigenvalue weighted by Gasteiger charge is -2.18. The van der Waals surface area contributed by atoms with Gasteiger partial charge < -0.3 is 0 Å². The van der Waals surface area contributed by atoms with E-state index in [-0.39, 0.29) is 22.8 Å². The van der Waals surface area contributed by atoms with Gasteiger partial charge in [0.2, 0.25) is 0 Å². The van der Waals surface area contributed by atoms with Gasteiger partial charge in [-0.05, 0) is 60.7 Å². The second kappa shape index (κ2) is 7.67. The van der Waals surface area contributed by atoms with Crippen LogP contribution in [0.1, 0.15) is 11.1 Å². The zero-order chi connectivity index (χ0) is 21.3. The highest BCUT2D eigenvalue weighted by atomic mass is 19.1. The maximum Gasteiger partial charge on any atom is 0.282 e. The van der Waals surface area contributed by atoms with Gasteiger partial charge >= 0.3 is 0 Å². The highest BCUT2D eigenvalue weighted by Gasteiger charge is 2.33. The zero-order valence-corrected chi connectivity index (χ0v) is 15.3. The first-order valence-corrected chi connectivity index (χ1v) is 8.84. The number of nitrogens with zero attached hydrogens (tertiary/aromatic N) is 3. The van der Waals surface area contributed by atoms with Gasteiger partial charge in [0.05, 0.1) is 16.2 Å². The van der Waals surface area contributed by atoms with E-state index >= 15 is 0 Å². The Morgan fingerprint density at radius 2 is 1.50 bits per heavy atom. The molecule has 0 saturated carbocycles. The van der Waals surface area contributed by atoms with Gasteiger partial charge in [-0.3, -0.25) is 19.8 Å². The van der Waals surface area contributed by atoms with Crippen molar-refractivity contribution in [2.45, 2.75) is 0 Å². The van der Waals surface area contributed by atoms with Crippen molar-refractivity contribution < 1.29 is 18.5 Å². The molecule has 0 unspecified atom stereocenters. The number of nitro groups is 1. The summed E-state index contributed by atoms with van der Waals surface area (Å²) in [5, 5.41) is 11.3. The molecule has 0 saturated heterocycles. The second-order valence-corrected chi connectivity index (χ2v) is 6.40. The number of rotatable bonds is 4. The van der Waals surface area contributed by atoms with Gasteiger partial charge in [-0.25, -0.2) is 13.8 Å². The first-order chi connectivity index (χ1) is 14.4. The minimum absolute atomic E-state index is 0.0343. The number of hydrogen-bond acceptors (Lipinski definition) is 4. The molecule has 4 rings (SSSR count). The quantitative estimate of drug-likeness (QED) is 0.358. The molecule has 30 heavy (non-hydrogen) atoms. The van der Waals surface area contributed by atoms with Gasteiger partial charge in [0.1, 0.15) is 23.2 Å². The summed E-state index contributed by atoms with van der Waals surface area (Å²) in [5.41, 5.74) is 0.828. The first kappa shape index (κ1) is 19.1. The van der Waals surface area contributed by atoms with Crippen LogP contribution in [0.5, 0.6) is 0 Å². The van der Waals surface area contributed by atoms with Gasteiger partial charge in [-0.15, -0.1) is 0 Å². The minimum Gasteiger partial charge on any atom is -0.266 e. The molecule has 1 amide bonds. The van der Waals surface area contributed by atoms with Gasteiger partial charge in [-0.2, -0.15) is 0 Å². The van der Waals surface area contributed by atoms with Crippen LogP contribution in [0.15, 0.2) is 83.5 Å². The molecular weight excluding hydrogens is 392 g/mol. The number of para-hydroxylation sites is 1. The van der Waals surface area contributed by atoms with Gasteiger partial charge in [-0.1, -0.05) is 12.1 Å². The lowest BCUT2D eigenvalue weighted by atomic mass is 10.1. The number of carbonyl (C=O) groups excluding carboxylic acids is 1. The molecule has 0 N–H and O–H groups in total. The molecule has 0 bridgehead atoms. The molecule has 148 valence electrons. The summed E-state index contributed by atoms with van der Waals surface area (Å²) >= 11 is 0. The molecule has 3 aromatic rings. The van der Waals surface area contributed by atoms with Crippen molar-refractivity contribution >= 4 is 29.2 Å². The van der Waals surface area contributed by atoms with Crippen molar-refractivity contribution in [3.05, 3.63) is 111 Å². The van der Waals surface area contributed by atoms with Crippen molar-refractivity contribution in [1.29, 1.82) is 0 Å². The molecule has 8 heteroatoms. The van der Waals surface area contributed by atoms with E-state index in [1.165, 1.54) is 77.7 Å². The fraction of sp³-hybridized carbons (Fsp3) is 0. The predicted molar refractivity (Wildman–Crippen MR) is 108 cm³/mol. The Bertz CT molecular complexity index is 1200. The third kappa shape index (κ3) is 3.58. The van der Waals surface area contributed by atoms with E-state index in [4.69, 9.17) is 0 Å². The second-order valence-electron chi connectivity index (χ2n) is 6.40. The molecule has 1 heterocycles. The van der Waals surface area contributed by atoms with Crippen molar-refractivity contribution in [1.82, 2.24) is 0 Å². The normalized spacial score (nSPS) is 14.9. The van der Waals surface area contributed by atoms with Gasteiger partial charge in [0.25, 0.3) is 11.6 Å². The molecule has 0 aliphatic carbocycles. The molecule has 3 aromatic carbocycles. The smallest absolute Gasteiger partial charge is 0.266 e. The Morgan fingerprint density at radius 3 is 2.13 bits per heavy atom. The Balaban J connectivity index is 1.85. The summed E-state index contributed by atoms with van der Waals surface area (Å²) in [7, 11) is 0. The van der Waals surface area contributed by atoms with Gasteiger partial charge in [0.15, 0.2) is 0 Å². The largest absolute Gasteiger partial charge is 0.282 e. The van der Waals surface area contributed by atoms with Crippen molar-refractivity contribution in [2.24, 2.45) is 4.99 Å². The Hall–Kier alpha value is -4.20. The molecule has 0 spiro atoms. The third-order valence-electron chi connectivity index (χ3n) is 4.47. The molecule has 1 aliphatic rings. The minimum atomic E-state index is -0.547. The number of hydrogen-bond donors (Lipinski definition) is 0. The standard InChI is InChI=1S/C22H13F2N3O3/c23-16-7-5-14(6-8-16)21-25-19(13-15-3-1-2-4-20(15)27(29)30)22(28)26(21)18-11-9-17(24)10-12-18/h1-13H/b19-13+. The predicted octanol–water partition coefficient (Wildman–Crippen LogP) is 4.71. The number of halogens is 2. The van der Waals surface area contributed by atoms with Crippen LogP contribution in [0, 0.1) is 21.7 Å². The van der Waals surface area contributed by atoms with E-state index in [1.807, 2.05) is 0 Å². The average Bonchev–Trinajstić information content (AvgIpc) is 3.05. The van der Waals surface area contributed by atoms with Crippen LogP contribution in [-0.2, 0) is 4.79 Å². The summed E-state index contributed by atoms with van der Waals surface area (Å²) in [4.78, 5) is 29.5. The summed E-state index contributed by atoms with van der Waals surface area (Å²) in [5.74, 6) is -1.26. The van der Waals surface area contributed by atoms with Crippen LogP contribution < -0.4 is 4.90 Å². The number of aliphatic imine (C=N–C) groups is 1. The summed E-state index contributed by atoms with van der Waals surface area (Å²) in [6, 6.07) is 16.6. The molecule has 0 radical (unpaired) electrons. The lowest BCUT2D eigenvalue weighted by Crippen LogP contribution is -2.32. The number of amides is 1. The van der Waals surface area contributed by atoms with Crippen LogP contribution in [0.2, 0.25) is 0 Å². The number of benzene rings is 3. The van der Waals surface area contributed by atoms with E-state index in [9.17, 15) is 23.7 Å². The van der Waals surface area contributed by atoms with Crippen LogP contribution in [0.4, 0.5) is 20.2 Å². The molecular formula is C22H13F2N3O3. The lowest BCUT2D eigenvalue weighted by molar-refractivity contribution is -0.385. The van der Waals surface area contributed by atoms with E-state index in [0.29, 0.717) is 11.3 Å². The van der Waals surface area contributed by atoms with E-state index in [1.54, 1.807) is 6.07 Å². The van der Waals surface area contributed by atoms with Crippen LogP contribution >= 0.6 is 0 Å². The fourth-order valence-corrected chi connectivity index (χ4v) is 3.06. The zero-order valence-electron chi connectivity index (χ0n) is 15.3. The Kier molecular flexibility index (Phi) is 4.89. The maximum atomic E-state index is 13.4. The molecule has 0 fully saturated rings. The number of nitro benzene ring substituents is 1. The molecule has 0 aromatic heterocycles. The Morgan fingerprint density at radius 1 is 0.900 bits per heavy atom. The topological polar surface area (TPSA) is 75.8 Å². The van der Waals surface area contributed by atoms with Crippen molar-refractivity contribution in [2.75, 3.05) is 4.90 Å². The van der Waals surface area contributed by atoms with Crippen molar-refractivity contribution in [3.8, 4) is 0 Å². The Labute approximate surface area is 169 Å². The number of anilines is 1. The average molecular weight is 405 g/mol. The van der Waals surface area contributed by atoms with E-state index in [0.717, 1.165) is 0 Å². The van der Waals surface area contributed by atoms with Crippen molar-refractivity contribution in [3.63, 3.8) is 0 Å².